The minimum atomic E-state index is -0.368. The Kier molecular flexibility index (Phi) is 2.99. The van der Waals surface area contributed by atoms with Crippen LogP contribution in [0.1, 0.15) is 6.92 Å². The molecule has 1 aliphatic heterocycles. The molecule has 0 aliphatic carbocycles. The second-order valence-electron chi connectivity index (χ2n) is 3.98. The topological polar surface area (TPSA) is 61.4 Å². The van der Waals surface area contributed by atoms with Gasteiger partial charge in [-0.2, -0.15) is 0 Å². The zero-order chi connectivity index (χ0) is 12.4. The molecular formula is C12H15N3O2. The van der Waals surface area contributed by atoms with Crippen molar-refractivity contribution in [3.63, 3.8) is 0 Å². The maximum absolute atomic E-state index is 11.6. The second-order valence-corrected chi connectivity index (χ2v) is 3.98. The number of carbonyl (C=O) groups excluding carboxylic acids is 2. The summed E-state index contributed by atoms with van der Waals surface area (Å²) < 4.78 is 0. The number of nitrogens with one attached hydrogen (secondary N) is 2. The fourth-order valence-electron chi connectivity index (χ4n) is 1.96. The van der Waals surface area contributed by atoms with Gasteiger partial charge in [0.25, 0.3) is 0 Å². The smallest absolute Gasteiger partial charge is 0.243 e. The van der Waals surface area contributed by atoms with Crippen LogP contribution >= 0.6 is 0 Å². The quantitative estimate of drug-likeness (QED) is 0.785. The molecule has 17 heavy (non-hydrogen) atoms. The Hall–Kier alpha value is -2.04. The predicted octanol–water partition coefficient (Wildman–Crippen LogP) is 0.580. The minimum absolute atomic E-state index is 0.0977. The maximum atomic E-state index is 11.6. The lowest BCUT2D eigenvalue weighted by molar-refractivity contribution is -0.121. The van der Waals surface area contributed by atoms with E-state index in [1.807, 2.05) is 24.3 Å². The van der Waals surface area contributed by atoms with Gasteiger partial charge in [0.05, 0.1) is 17.9 Å². The highest BCUT2D eigenvalue weighted by Gasteiger charge is 2.28. The average molecular weight is 233 g/mol. The number of hydrogen-bond acceptors (Lipinski definition) is 3. The summed E-state index contributed by atoms with van der Waals surface area (Å²) in [5.74, 6) is -0.200. The molecule has 5 heteroatoms. The van der Waals surface area contributed by atoms with E-state index in [9.17, 15) is 9.59 Å². The van der Waals surface area contributed by atoms with Crippen molar-refractivity contribution in [2.45, 2.75) is 13.0 Å². The van der Waals surface area contributed by atoms with E-state index in [-0.39, 0.29) is 24.4 Å². The predicted molar refractivity (Wildman–Crippen MR) is 65.9 cm³/mol. The highest BCUT2D eigenvalue weighted by Crippen LogP contribution is 2.30. The van der Waals surface area contributed by atoms with Crippen LogP contribution in [0.2, 0.25) is 0 Å². The Balaban J connectivity index is 2.35. The summed E-state index contributed by atoms with van der Waals surface area (Å²) in [5, 5.41) is 5.38. The Labute approximate surface area is 99.8 Å². The van der Waals surface area contributed by atoms with Gasteiger partial charge in [-0.25, -0.2) is 0 Å². The van der Waals surface area contributed by atoms with E-state index in [0.29, 0.717) is 0 Å². The molecular weight excluding hydrogens is 218 g/mol. The third-order valence-corrected chi connectivity index (χ3v) is 2.89. The summed E-state index contributed by atoms with van der Waals surface area (Å²) in [6, 6.07) is 7.10. The SMILES string of the molecule is CNC(=O)C(C)N1CC(=O)Nc2ccccc21. The molecule has 0 radical (unpaired) electrons. The zero-order valence-electron chi connectivity index (χ0n) is 9.86. The third-order valence-electron chi connectivity index (χ3n) is 2.89. The summed E-state index contributed by atoms with van der Waals surface area (Å²) in [6.45, 7) is 1.99. The molecule has 2 rings (SSSR count). The van der Waals surface area contributed by atoms with Crippen molar-refractivity contribution in [2.75, 3.05) is 23.8 Å². The molecule has 2 amide bonds. The molecule has 1 aliphatic rings. The summed E-state index contributed by atoms with van der Waals surface area (Å²) in [6.07, 6.45) is 0. The number of likely N-dealkylation sites (N-methyl/N-ethyl adjacent to an activating group) is 1. The largest absolute Gasteiger partial charge is 0.357 e. The first-order valence-electron chi connectivity index (χ1n) is 5.50. The van der Waals surface area contributed by atoms with Gasteiger partial charge in [0.1, 0.15) is 6.04 Å². The molecule has 0 spiro atoms. The van der Waals surface area contributed by atoms with Crippen molar-refractivity contribution >= 4 is 23.2 Å². The number of hydrogen-bond donors (Lipinski definition) is 2. The fraction of sp³-hybridized carbons (Fsp3) is 0.333. The van der Waals surface area contributed by atoms with Crippen LogP contribution in [0, 0.1) is 0 Å². The number of fused-ring (bicyclic) bond motifs is 1. The molecule has 0 bridgehead atoms. The Morgan fingerprint density at radius 1 is 1.47 bits per heavy atom. The van der Waals surface area contributed by atoms with Crippen LogP contribution in [0.3, 0.4) is 0 Å². The molecule has 0 aromatic heterocycles. The molecule has 1 heterocycles. The van der Waals surface area contributed by atoms with Gasteiger partial charge in [-0.05, 0) is 19.1 Å². The molecule has 0 saturated carbocycles. The van der Waals surface area contributed by atoms with Crippen molar-refractivity contribution < 1.29 is 9.59 Å². The first kappa shape index (κ1) is 11.4. The molecule has 1 aromatic carbocycles. The molecule has 2 N–H and O–H groups in total. The van der Waals surface area contributed by atoms with E-state index in [1.165, 1.54) is 0 Å². The average Bonchev–Trinajstić information content (AvgIpc) is 2.35. The Bertz CT molecular complexity index is 459. The maximum Gasteiger partial charge on any atom is 0.243 e. The number of para-hydroxylation sites is 2. The van der Waals surface area contributed by atoms with Crippen LogP contribution in [0.25, 0.3) is 0 Å². The van der Waals surface area contributed by atoms with Gasteiger partial charge in [-0.15, -0.1) is 0 Å². The second kappa shape index (κ2) is 4.45. The van der Waals surface area contributed by atoms with Gasteiger partial charge < -0.3 is 15.5 Å². The Morgan fingerprint density at radius 3 is 2.88 bits per heavy atom. The van der Waals surface area contributed by atoms with E-state index >= 15 is 0 Å². The van der Waals surface area contributed by atoms with E-state index < -0.39 is 0 Å². The Morgan fingerprint density at radius 2 is 2.18 bits per heavy atom. The molecule has 1 atom stereocenters. The lowest BCUT2D eigenvalue weighted by Gasteiger charge is -2.34. The van der Waals surface area contributed by atoms with Gasteiger partial charge in [0, 0.05) is 7.05 Å². The molecule has 0 saturated heterocycles. The lowest BCUT2D eigenvalue weighted by Crippen LogP contribution is -2.49. The van der Waals surface area contributed by atoms with Crippen LogP contribution in [0.4, 0.5) is 11.4 Å². The van der Waals surface area contributed by atoms with Crippen LogP contribution in [0.5, 0.6) is 0 Å². The standard InChI is InChI=1S/C12H15N3O2/c1-8(12(17)13-2)15-7-11(16)14-9-5-3-4-6-10(9)15/h3-6,8H,7H2,1-2H3,(H,13,17)(H,14,16). The van der Waals surface area contributed by atoms with Gasteiger partial charge in [0.2, 0.25) is 11.8 Å². The first-order chi connectivity index (χ1) is 8.13. The summed E-state index contributed by atoms with van der Waals surface area (Å²) in [5.41, 5.74) is 1.63. The number of anilines is 2. The molecule has 5 nitrogen and oxygen atoms in total. The van der Waals surface area contributed by atoms with Gasteiger partial charge in [0.15, 0.2) is 0 Å². The van der Waals surface area contributed by atoms with Gasteiger partial charge >= 0.3 is 0 Å². The van der Waals surface area contributed by atoms with Crippen molar-refractivity contribution in [1.29, 1.82) is 0 Å². The van der Waals surface area contributed by atoms with Crippen LogP contribution in [-0.2, 0) is 9.59 Å². The lowest BCUT2D eigenvalue weighted by atomic mass is 10.1. The van der Waals surface area contributed by atoms with Crippen molar-refractivity contribution in [2.24, 2.45) is 0 Å². The molecule has 0 fully saturated rings. The van der Waals surface area contributed by atoms with Crippen LogP contribution in [-0.4, -0.2) is 31.4 Å². The normalized spacial score (nSPS) is 15.9. The number of carbonyl (C=O) groups is 2. The molecule has 90 valence electrons. The fourth-order valence-corrected chi connectivity index (χ4v) is 1.96. The molecule has 1 aromatic rings. The number of nitrogens with zero attached hydrogens (tertiary/aromatic N) is 1. The monoisotopic (exact) mass is 233 g/mol. The van der Waals surface area contributed by atoms with Gasteiger partial charge in [-0.1, -0.05) is 12.1 Å². The minimum Gasteiger partial charge on any atom is -0.357 e. The third kappa shape index (κ3) is 2.08. The van der Waals surface area contributed by atoms with E-state index in [2.05, 4.69) is 10.6 Å². The van der Waals surface area contributed by atoms with Crippen LogP contribution in [0.15, 0.2) is 24.3 Å². The van der Waals surface area contributed by atoms with Crippen molar-refractivity contribution in [1.82, 2.24) is 5.32 Å². The van der Waals surface area contributed by atoms with E-state index in [4.69, 9.17) is 0 Å². The van der Waals surface area contributed by atoms with E-state index in [0.717, 1.165) is 11.4 Å². The van der Waals surface area contributed by atoms with Crippen molar-refractivity contribution in [3.8, 4) is 0 Å². The molecule has 1 unspecified atom stereocenters. The summed E-state index contributed by atoms with van der Waals surface area (Å²) in [4.78, 5) is 25.0. The van der Waals surface area contributed by atoms with Crippen molar-refractivity contribution in [3.05, 3.63) is 24.3 Å². The summed E-state index contributed by atoms with van der Waals surface area (Å²) in [7, 11) is 1.59. The van der Waals surface area contributed by atoms with Crippen LogP contribution < -0.4 is 15.5 Å². The number of benzene rings is 1. The van der Waals surface area contributed by atoms with E-state index in [1.54, 1.807) is 18.9 Å². The highest BCUT2D eigenvalue weighted by atomic mass is 16.2. The first-order valence-corrected chi connectivity index (χ1v) is 5.50. The highest BCUT2D eigenvalue weighted by molar-refractivity contribution is 6.02. The summed E-state index contributed by atoms with van der Waals surface area (Å²) >= 11 is 0. The number of amides is 2. The zero-order valence-corrected chi connectivity index (χ0v) is 9.86. The number of rotatable bonds is 2. The van der Waals surface area contributed by atoms with Gasteiger partial charge in [-0.3, -0.25) is 9.59 Å².